The summed E-state index contributed by atoms with van der Waals surface area (Å²) in [4.78, 5) is 18.4. The van der Waals surface area contributed by atoms with Crippen LogP contribution in [0.3, 0.4) is 0 Å². The van der Waals surface area contributed by atoms with Crippen LogP contribution in [0.2, 0.25) is 0 Å². The van der Waals surface area contributed by atoms with E-state index < -0.39 is 0 Å². The molecule has 0 amide bonds. The van der Waals surface area contributed by atoms with E-state index in [0.29, 0.717) is 6.54 Å². The maximum Gasteiger partial charge on any atom is 0.252 e. The number of nitrogens with one attached hydrogen (secondary N) is 1. The lowest BCUT2D eigenvalue weighted by molar-refractivity contribution is 0.0465. The SMILES string of the molecule is CCCC(c1nnnn1C(C)(C)C)N(Cc1cc2cc(C)ccc2[nH]c1=O)CC1CCCO1. The Hall–Kier alpha value is -2.58. The highest BCUT2D eigenvalue weighted by atomic mass is 16.5. The Kier molecular flexibility index (Phi) is 6.95. The van der Waals surface area contributed by atoms with Gasteiger partial charge >= 0.3 is 0 Å². The van der Waals surface area contributed by atoms with Crippen LogP contribution in [0.1, 0.15) is 76.4 Å². The summed E-state index contributed by atoms with van der Waals surface area (Å²) in [6.45, 7) is 12.6. The van der Waals surface area contributed by atoms with E-state index in [1.165, 1.54) is 5.56 Å². The van der Waals surface area contributed by atoms with Gasteiger partial charge in [0.25, 0.3) is 5.56 Å². The lowest BCUT2D eigenvalue weighted by atomic mass is 10.0. The minimum absolute atomic E-state index is 0.0129. The number of nitrogens with zero attached hydrogens (tertiary/aromatic N) is 5. The number of pyridine rings is 1. The molecule has 8 nitrogen and oxygen atoms in total. The first kappa shape index (κ1) is 23.6. The summed E-state index contributed by atoms with van der Waals surface area (Å²) in [5, 5.41) is 13.8. The summed E-state index contributed by atoms with van der Waals surface area (Å²) in [7, 11) is 0. The van der Waals surface area contributed by atoms with E-state index >= 15 is 0 Å². The Labute approximate surface area is 195 Å². The predicted molar refractivity (Wildman–Crippen MR) is 129 cm³/mol. The highest BCUT2D eigenvalue weighted by molar-refractivity contribution is 5.79. The van der Waals surface area contributed by atoms with Crippen molar-refractivity contribution in [1.82, 2.24) is 30.1 Å². The van der Waals surface area contributed by atoms with Crippen molar-refractivity contribution in [1.29, 1.82) is 0 Å². The van der Waals surface area contributed by atoms with Crippen LogP contribution in [0.15, 0.2) is 29.1 Å². The zero-order chi connectivity index (χ0) is 23.6. The summed E-state index contributed by atoms with van der Waals surface area (Å²) in [5.41, 5.74) is 2.50. The number of tetrazole rings is 1. The summed E-state index contributed by atoms with van der Waals surface area (Å²) in [6.07, 6.45) is 4.15. The van der Waals surface area contributed by atoms with Gasteiger partial charge < -0.3 is 9.72 Å². The molecule has 2 aromatic heterocycles. The minimum atomic E-state index is -0.238. The number of H-pyrrole nitrogens is 1. The molecule has 0 saturated carbocycles. The smallest absolute Gasteiger partial charge is 0.252 e. The van der Waals surface area contributed by atoms with E-state index in [1.54, 1.807) is 0 Å². The Balaban J connectivity index is 1.74. The van der Waals surface area contributed by atoms with E-state index in [9.17, 15) is 4.79 Å². The van der Waals surface area contributed by atoms with Gasteiger partial charge in [-0.15, -0.1) is 5.10 Å². The number of hydrogen-bond acceptors (Lipinski definition) is 6. The number of rotatable bonds is 8. The van der Waals surface area contributed by atoms with Crippen LogP contribution in [-0.2, 0) is 16.8 Å². The molecular formula is C25H36N6O2. The molecule has 1 aliphatic rings. The van der Waals surface area contributed by atoms with Gasteiger partial charge in [0, 0.05) is 30.8 Å². The lowest BCUT2D eigenvalue weighted by Crippen LogP contribution is -2.39. The quantitative estimate of drug-likeness (QED) is 0.553. The van der Waals surface area contributed by atoms with Crippen molar-refractivity contribution in [2.45, 2.75) is 84.5 Å². The molecule has 1 fully saturated rings. The van der Waals surface area contributed by atoms with Gasteiger partial charge in [-0.05, 0) is 81.0 Å². The third-order valence-corrected chi connectivity index (χ3v) is 6.34. The maximum absolute atomic E-state index is 13.0. The van der Waals surface area contributed by atoms with Crippen LogP contribution in [0.4, 0.5) is 0 Å². The fraction of sp³-hybridized carbons (Fsp3) is 0.600. The molecule has 0 radical (unpaired) electrons. The van der Waals surface area contributed by atoms with Crippen molar-refractivity contribution in [2.24, 2.45) is 0 Å². The van der Waals surface area contributed by atoms with Crippen LogP contribution in [0.5, 0.6) is 0 Å². The van der Waals surface area contributed by atoms with Crippen molar-refractivity contribution >= 4 is 10.9 Å². The summed E-state index contributed by atoms with van der Waals surface area (Å²) < 4.78 is 7.91. The van der Waals surface area contributed by atoms with Crippen LogP contribution >= 0.6 is 0 Å². The van der Waals surface area contributed by atoms with Crippen molar-refractivity contribution in [3.63, 3.8) is 0 Å². The molecule has 1 aliphatic heterocycles. The van der Waals surface area contributed by atoms with Gasteiger partial charge in [0.15, 0.2) is 5.82 Å². The molecule has 0 bridgehead atoms. The largest absolute Gasteiger partial charge is 0.377 e. The Bertz CT molecular complexity index is 1140. The molecule has 0 aliphatic carbocycles. The molecule has 1 N–H and O–H groups in total. The molecule has 1 aromatic carbocycles. The Morgan fingerprint density at radius 2 is 2.12 bits per heavy atom. The second kappa shape index (κ2) is 9.73. The third kappa shape index (κ3) is 5.33. The Morgan fingerprint density at radius 1 is 1.30 bits per heavy atom. The summed E-state index contributed by atoms with van der Waals surface area (Å²) in [6, 6.07) is 8.12. The minimum Gasteiger partial charge on any atom is -0.377 e. The summed E-state index contributed by atoms with van der Waals surface area (Å²) in [5.74, 6) is 0.843. The maximum atomic E-state index is 13.0. The number of benzene rings is 1. The molecule has 2 unspecified atom stereocenters. The molecule has 3 heterocycles. The molecule has 4 rings (SSSR count). The van der Waals surface area contributed by atoms with Gasteiger partial charge in [-0.1, -0.05) is 25.0 Å². The topological polar surface area (TPSA) is 88.9 Å². The van der Waals surface area contributed by atoms with Crippen LogP contribution < -0.4 is 5.56 Å². The van der Waals surface area contributed by atoms with Crippen molar-refractivity contribution in [3.8, 4) is 0 Å². The molecule has 2 atom stereocenters. The van der Waals surface area contributed by atoms with Gasteiger partial charge in [-0.25, -0.2) is 4.68 Å². The molecular weight excluding hydrogens is 416 g/mol. The lowest BCUT2D eigenvalue weighted by Gasteiger charge is -2.34. The average Bonchev–Trinajstić information content (AvgIpc) is 3.44. The van der Waals surface area contributed by atoms with Gasteiger partial charge in [0.1, 0.15) is 0 Å². The number of fused-ring (bicyclic) bond motifs is 1. The van der Waals surface area contributed by atoms with Crippen molar-refractivity contribution < 1.29 is 4.74 Å². The second-order valence-corrected chi connectivity index (χ2v) is 10.2. The molecule has 3 aromatic rings. The number of aromatic amines is 1. The predicted octanol–water partition coefficient (Wildman–Crippen LogP) is 4.10. The molecule has 8 heteroatoms. The number of hydrogen-bond donors (Lipinski definition) is 1. The van der Waals surface area contributed by atoms with Crippen LogP contribution in [0.25, 0.3) is 10.9 Å². The van der Waals surface area contributed by atoms with E-state index in [2.05, 4.69) is 66.1 Å². The molecule has 1 saturated heterocycles. The van der Waals surface area contributed by atoms with Gasteiger partial charge in [0.05, 0.1) is 17.7 Å². The highest BCUT2D eigenvalue weighted by Crippen LogP contribution is 2.30. The highest BCUT2D eigenvalue weighted by Gasteiger charge is 2.32. The standard InChI is InChI=1S/C25H36N6O2/c1-6-8-22(23-27-28-29-31(23)25(3,4)5)30(16-20-9-7-12-33-20)15-19-14-18-13-17(2)10-11-21(18)26-24(19)32/h10-11,13-14,20,22H,6-9,12,15-16H2,1-5H3,(H,26,32). The zero-order valence-electron chi connectivity index (χ0n) is 20.5. The normalized spacial score (nSPS) is 17.8. The third-order valence-electron chi connectivity index (χ3n) is 6.34. The summed E-state index contributed by atoms with van der Waals surface area (Å²) >= 11 is 0. The van der Waals surface area contributed by atoms with E-state index in [1.807, 2.05) is 22.9 Å². The first-order valence-electron chi connectivity index (χ1n) is 12.0. The van der Waals surface area contributed by atoms with Crippen LogP contribution in [-0.4, -0.2) is 49.3 Å². The van der Waals surface area contributed by atoms with Gasteiger partial charge in [-0.2, -0.15) is 0 Å². The second-order valence-electron chi connectivity index (χ2n) is 10.2. The Morgan fingerprint density at radius 3 is 2.82 bits per heavy atom. The van der Waals surface area contributed by atoms with E-state index in [0.717, 1.165) is 61.1 Å². The van der Waals surface area contributed by atoms with Gasteiger partial charge in [-0.3, -0.25) is 9.69 Å². The average molecular weight is 453 g/mol. The van der Waals surface area contributed by atoms with E-state index in [4.69, 9.17) is 4.74 Å². The van der Waals surface area contributed by atoms with Crippen LogP contribution in [0, 0.1) is 6.92 Å². The fourth-order valence-electron chi connectivity index (χ4n) is 4.69. The van der Waals surface area contributed by atoms with Crippen molar-refractivity contribution in [3.05, 3.63) is 51.6 Å². The monoisotopic (exact) mass is 452 g/mol. The number of aromatic nitrogens is 5. The zero-order valence-corrected chi connectivity index (χ0v) is 20.5. The molecule has 0 spiro atoms. The number of aryl methyl sites for hydroxylation is 1. The first-order valence-corrected chi connectivity index (χ1v) is 12.0. The molecule has 178 valence electrons. The fourth-order valence-corrected chi connectivity index (χ4v) is 4.69. The first-order chi connectivity index (χ1) is 15.8. The number of ether oxygens (including phenoxy) is 1. The molecule has 33 heavy (non-hydrogen) atoms. The van der Waals surface area contributed by atoms with E-state index in [-0.39, 0.29) is 23.2 Å². The van der Waals surface area contributed by atoms with Crippen molar-refractivity contribution in [2.75, 3.05) is 13.2 Å². The van der Waals surface area contributed by atoms with Gasteiger partial charge in [0.2, 0.25) is 0 Å².